The number of aromatic amines is 1. The fourth-order valence-corrected chi connectivity index (χ4v) is 2.50. The van der Waals surface area contributed by atoms with Crippen molar-refractivity contribution in [2.75, 3.05) is 0 Å². The second-order valence-corrected chi connectivity index (χ2v) is 5.35. The van der Waals surface area contributed by atoms with Crippen LogP contribution in [0.5, 0.6) is 5.75 Å². The van der Waals surface area contributed by atoms with E-state index in [-0.39, 0.29) is 5.56 Å². The van der Waals surface area contributed by atoms with Crippen LogP contribution in [0.15, 0.2) is 42.5 Å². The van der Waals surface area contributed by atoms with Gasteiger partial charge in [0.1, 0.15) is 12.4 Å². The minimum absolute atomic E-state index is 0.234. The van der Waals surface area contributed by atoms with Crippen molar-refractivity contribution in [3.05, 3.63) is 64.8 Å². The van der Waals surface area contributed by atoms with Crippen LogP contribution < -0.4 is 4.74 Å². The van der Waals surface area contributed by atoms with Gasteiger partial charge >= 0.3 is 5.97 Å². The number of aromatic carboxylic acids is 1. The Bertz CT molecular complexity index is 834. The number of carbonyl (C=O) groups is 1. The van der Waals surface area contributed by atoms with Crippen LogP contribution in [0.3, 0.4) is 0 Å². The van der Waals surface area contributed by atoms with Crippen LogP contribution in [0, 0.1) is 13.8 Å². The maximum atomic E-state index is 11.3. The average molecular weight is 295 g/mol. The van der Waals surface area contributed by atoms with E-state index >= 15 is 0 Å². The molecule has 4 heteroatoms. The Morgan fingerprint density at radius 2 is 1.91 bits per heavy atom. The summed E-state index contributed by atoms with van der Waals surface area (Å²) in [7, 11) is 0. The molecule has 0 radical (unpaired) electrons. The fourth-order valence-electron chi connectivity index (χ4n) is 2.50. The Hall–Kier alpha value is -2.75. The Morgan fingerprint density at radius 3 is 2.59 bits per heavy atom. The Morgan fingerprint density at radius 1 is 1.18 bits per heavy atom. The molecule has 0 unspecified atom stereocenters. The van der Waals surface area contributed by atoms with E-state index < -0.39 is 5.97 Å². The lowest BCUT2D eigenvalue weighted by atomic mass is 10.1. The average Bonchev–Trinajstić information content (AvgIpc) is 2.81. The highest BCUT2D eigenvalue weighted by molar-refractivity contribution is 5.98. The maximum absolute atomic E-state index is 11.3. The first-order valence-corrected chi connectivity index (χ1v) is 7.09. The summed E-state index contributed by atoms with van der Waals surface area (Å²) in [5, 5.41) is 10.2. The Kier molecular flexibility index (Phi) is 3.59. The van der Waals surface area contributed by atoms with Crippen molar-refractivity contribution in [1.29, 1.82) is 0 Å². The third-order valence-electron chi connectivity index (χ3n) is 3.87. The summed E-state index contributed by atoms with van der Waals surface area (Å²) in [6.45, 7) is 4.34. The quantitative estimate of drug-likeness (QED) is 0.763. The summed E-state index contributed by atoms with van der Waals surface area (Å²) in [4.78, 5) is 14.6. The number of ether oxygens (including phenoxy) is 1. The zero-order valence-corrected chi connectivity index (χ0v) is 12.5. The molecule has 0 spiro atoms. The minimum Gasteiger partial charge on any atom is -0.487 e. The van der Waals surface area contributed by atoms with Gasteiger partial charge in [0.2, 0.25) is 0 Å². The number of benzene rings is 2. The van der Waals surface area contributed by atoms with Gasteiger partial charge in [-0.1, -0.05) is 30.3 Å². The van der Waals surface area contributed by atoms with Crippen LogP contribution in [0.2, 0.25) is 0 Å². The van der Waals surface area contributed by atoms with E-state index in [9.17, 15) is 9.90 Å². The summed E-state index contributed by atoms with van der Waals surface area (Å²) in [6, 6.07) is 13.1. The van der Waals surface area contributed by atoms with Crippen LogP contribution in [0.1, 0.15) is 27.2 Å². The highest BCUT2D eigenvalue weighted by Crippen LogP contribution is 2.31. The Labute approximate surface area is 128 Å². The second-order valence-electron chi connectivity index (χ2n) is 5.35. The van der Waals surface area contributed by atoms with Crippen molar-refractivity contribution in [2.24, 2.45) is 0 Å². The largest absolute Gasteiger partial charge is 0.487 e. The van der Waals surface area contributed by atoms with Crippen molar-refractivity contribution in [2.45, 2.75) is 20.5 Å². The molecule has 1 aromatic heterocycles. The standard InChI is InChI=1S/C18H17NO3/c1-11-12(2)19-17-15(11)8-14(18(20)21)9-16(17)22-10-13-6-4-3-5-7-13/h3-9,19H,10H2,1-2H3,(H,20,21). The van der Waals surface area contributed by atoms with Gasteiger partial charge in [-0.15, -0.1) is 0 Å². The first-order valence-electron chi connectivity index (χ1n) is 7.09. The SMILES string of the molecule is Cc1[nH]c2c(OCc3ccccc3)cc(C(=O)O)cc2c1C. The minimum atomic E-state index is -0.954. The third kappa shape index (κ3) is 2.55. The predicted octanol–water partition coefficient (Wildman–Crippen LogP) is 4.06. The number of rotatable bonds is 4. The van der Waals surface area contributed by atoms with E-state index in [0.717, 1.165) is 27.7 Å². The highest BCUT2D eigenvalue weighted by atomic mass is 16.5. The second kappa shape index (κ2) is 5.56. The first-order chi connectivity index (χ1) is 10.6. The molecule has 0 amide bonds. The number of aryl methyl sites for hydroxylation is 2. The molecule has 0 saturated heterocycles. The van der Waals surface area contributed by atoms with Crippen LogP contribution in [0.25, 0.3) is 10.9 Å². The van der Waals surface area contributed by atoms with E-state index in [2.05, 4.69) is 4.98 Å². The molecule has 0 saturated carbocycles. The molecular weight excluding hydrogens is 278 g/mol. The van der Waals surface area contributed by atoms with Crippen LogP contribution >= 0.6 is 0 Å². The smallest absolute Gasteiger partial charge is 0.335 e. The Balaban J connectivity index is 2.03. The van der Waals surface area contributed by atoms with Gasteiger partial charge in [0.15, 0.2) is 0 Å². The number of carboxylic acid groups (broad SMARTS) is 1. The predicted molar refractivity (Wildman–Crippen MR) is 85.5 cm³/mol. The molecule has 1 heterocycles. The fraction of sp³-hybridized carbons (Fsp3) is 0.167. The lowest BCUT2D eigenvalue weighted by molar-refractivity contribution is 0.0696. The zero-order chi connectivity index (χ0) is 15.7. The number of nitrogens with one attached hydrogen (secondary N) is 1. The van der Waals surface area contributed by atoms with Gasteiger partial charge in [-0.2, -0.15) is 0 Å². The monoisotopic (exact) mass is 295 g/mol. The summed E-state index contributed by atoms with van der Waals surface area (Å²) in [6.07, 6.45) is 0. The number of H-pyrrole nitrogens is 1. The van der Waals surface area contributed by atoms with E-state index in [1.165, 1.54) is 0 Å². The lowest BCUT2D eigenvalue weighted by Crippen LogP contribution is -2.00. The van der Waals surface area contributed by atoms with Crippen molar-refractivity contribution < 1.29 is 14.6 Å². The molecule has 2 aromatic carbocycles. The molecule has 0 fully saturated rings. The van der Waals surface area contributed by atoms with Crippen LogP contribution in [-0.2, 0) is 6.61 Å². The van der Waals surface area contributed by atoms with E-state index in [1.54, 1.807) is 12.1 Å². The number of carboxylic acids is 1. The van der Waals surface area contributed by atoms with Gasteiger partial charge in [0, 0.05) is 11.1 Å². The maximum Gasteiger partial charge on any atom is 0.335 e. The number of hydrogen-bond acceptors (Lipinski definition) is 2. The molecule has 0 aliphatic rings. The molecule has 3 aromatic rings. The van der Waals surface area contributed by atoms with Gasteiger partial charge in [0.25, 0.3) is 0 Å². The molecule has 0 atom stereocenters. The van der Waals surface area contributed by atoms with Crippen LogP contribution in [0.4, 0.5) is 0 Å². The number of hydrogen-bond donors (Lipinski definition) is 2. The van der Waals surface area contributed by atoms with Gasteiger partial charge in [-0.05, 0) is 37.1 Å². The first kappa shape index (κ1) is 14.2. The van der Waals surface area contributed by atoms with Gasteiger partial charge in [0.05, 0.1) is 11.1 Å². The molecule has 3 rings (SSSR count). The highest BCUT2D eigenvalue weighted by Gasteiger charge is 2.14. The van der Waals surface area contributed by atoms with Crippen LogP contribution in [-0.4, -0.2) is 16.1 Å². The van der Waals surface area contributed by atoms with Crippen molar-refractivity contribution >= 4 is 16.9 Å². The summed E-state index contributed by atoms with van der Waals surface area (Å²) in [5.74, 6) is -0.389. The molecule has 112 valence electrons. The molecule has 0 aliphatic carbocycles. The topological polar surface area (TPSA) is 62.3 Å². The van der Waals surface area contributed by atoms with E-state index in [1.807, 2.05) is 44.2 Å². The molecule has 2 N–H and O–H groups in total. The zero-order valence-electron chi connectivity index (χ0n) is 12.5. The lowest BCUT2D eigenvalue weighted by Gasteiger charge is -2.09. The van der Waals surface area contributed by atoms with Gasteiger partial charge < -0.3 is 14.8 Å². The summed E-state index contributed by atoms with van der Waals surface area (Å²) in [5.41, 5.74) is 4.18. The molecule has 0 bridgehead atoms. The number of fused-ring (bicyclic) bond motifs is 1. The van der Waals surface area contributed by atoms with Crippen molar-refractivity contribution in [1.82, 2.24) is 4.98 Å². The van der Waals surface area contributed by atoms with Crippen molar-refractivity contribution in [3.63, 3.8) is 0 Å². The van der Waals surface area contributed by atoms with Gasteiger partial charge in [-0.25, -0.2) is 4.79 Å². The molecule has 0 aliphatic heterocycles. The molecule has 22 heavy (non-hydrogen) atoms. The molecule has 4 nitrogen and oxygen atoms in total. The summed E-state index contributed by atoms with van der Waals surface area (Å²) < 4.78 is 5.87. The summed E-state index contributed by atoms with van der Waals surface area (Å²) >= 11 is 0. The van der Waals surface area contributed by atoms with E-state index in [0.29, 0.717) is 12.4 Å². The normalized spacial score (nSPS) is 10.8. The third-order valence-corrected chi connectivity index (χ3v) is 3.87. The van der Waals surface area contributed by atoms with E-state index in [4.69, 9.17) is 4.74 Å². The molecular formula is C18H17NO3. The van der Waals surface area contributed by atoms with Gasteiger partial charge in [-0.3, -0.25) is 0 Å². The number of aromatic nitrogens is 1. The van der Waals surface area contributed by atoms with Crippen molar-refractivity contribution in [3.8, 4) is 5.75 Å².